The fourth-order valence-corrected chi connectivity index (χ4v) is 2.52. The fraction of sp³-hybridized carbons (Fsp3) is 0.111. The smallest absolute Gasteiger partial charge is 0.338 e. The van der Waals surface area contributed by atoms with Crippen LogP contribution in [-0.2, 0) is 13.5 Å². The molecule has 0 spiro atoms. The predicted molar refractivity (Wildman–Crippen MR) is 88.2 cm³/mol. The first kappa shape index (κ1) is 14.8. The Morgan fingerprint density at radius 3 is 2.09 bits per heavy atom. The quantitative estimate of drug-likeness (QED) is 0.803. The Balaban J connectivity index is 2.24. The van der Waals surface area contributed by atoms with Crippen LogP contribution < -0.4 is 11.2 Å². The van der Waals surface area contributed by atoms with E-state index < -0.39 is 11.2 Å². The zero-order chi connectivity index (χ0) is 16.4. The molecule has 0 fully saturated rings. The van der Waals surface area contributed by atoms with Gasteiger partial charge in [-0.2, -0.15) is 0 Å². The molecule has 1 aromatic heterocycles. The Kier molecular flexibility index (Phi) is 3.85. The molecule has 1 heterocycles. The van der Waals surface area contributed by atoms with Gasteiger partial charge in [-0.15, -0.1) is 0 Å². The van der Waals surface area contributed by atoms with E-state index in [0.717, 1.165) is 14.7 Å². The van der Waals surface area contributed by atoms with Crippen molar-refractivity contribution in [2.45, 2.75) is 6.42 Å². The summed E-state index contributed by atoms with van der Waals surface area (Å²) < 4.78 is 2.17. The van der Waals surface area contributed by atoms with Crippen LogP contribution in [-0.4, -0.2) is 14.2 Å². The summed E-state index contributed by atoms with van der Waals surface area (Å²) >= 11 is 0. The molecule has 0 aliphatic heterocycles. The molecule has 116 valence electrons. The van der Waals surface area contributed by atoms with Gasteiger partial charge >= 0.3 is 5.69 Å². The maximum absolute atomic E-state index is 12.8. The molecular weight excluding hydrogens is 292 g/mol. The van der Waals surface area contributed by atoms with Crippen LogP contribution in [0.25, 0.3) is 5.69 Å². The summed E-state index contributed by atoms with van der Waals surface area (Å²) in [5.74, 6) is -0.295. The van der Waals surface area contributed by atoms with Crippen molar-refractivity contribution >= 4 is 0 Å². The van der Waals surface area contributed by atoms with Crippen molar-refractivity contribution in [1.29, 1.82) is 0 Å². The van der Waals surface area contributed by atoms with Crippen LogP contribution in [0.3, 0.4) is 0 Å². The van der Waals surface area contributed by atoms with E-state index in [1.165, 1.54) is 7.05 Å². The van der Waals surface area contributed by atoms with E-state index in [2.05, 4.69) is 0 Å². The van der Waals surface area contributed by atoms with Gasteiger partial charge in [0.1, 0.15) is 0 Å². The minimum atomic E-state index is -0.574. The van der Waals surface area contributed by atoms with Gasteiger partial charge in [0.2, 0.25) is 5.88 Å². The highest BCUT2D eigenvalue weighted by molar-refractivity contribution is 5.36. The van der Waals surface area contributed by atoms with E-state index in [1.54, 1.807) is 24.3 Å². The Bertz CT molecular complexity index is 942. The zero-order valence-electron chi connectivity index (χ0n) is 12.6. The fourth-order valence-electron chi connectivity index (χ4n) is 2.52. The molecule has 0 radical (unpaired) electrons. The lowest BCUT2D eigenvalue weighted by atomic mass is 10.1. The second-order valence-corrected chi connectivity index (χ2v) is 5.28. The molecule has 0 bridgehead atoms. The third-order valence-electron chi connectivity index (χ3n) is 3.77. The number of benzene rings is 2. The van der Waals surface area contributed by atoms with Gasteiger partial charge in [-0.1, -0.05) is 48.5 Å². The minimum absolute atomic E-state index is 0.196. The van der Waals surface area contributed by atoms with Crippen molar-refractivity contribution < 1.29 is 5.11 Å². The summed E-state index contributed by atoms with van der Waals surface area (Å²) in [7, 11) is 1.45. The van der Waals surface area contributed by atoms with Crippen molar-refractivity contribution in [1.82, 2.24) is 9.13 Å². The maximum Gasteiger partial charge on any atom is 0.338 e. The molecule has 3 rings (SSSR count). The number of hydrogen-bond acceptors (Lipinski definition) is 3. The SMILES string of the molecule is Cn1c(O)c(Cc2ccccc2)c(=O)n(-c2ccccc2)c1=O. The van der Waals surface area contributed by atoms with Gasteiger partial charge in [-0.3, -0.25) is 9.36 Å². The first-order valence-electron chi connectivity index (χ1n) is 7.23. The van der Waals surface area contributed by atoms with Crippen molar-refractivity contribution in [2.24, 2.45) is 7.05 Å². The highest BCUT2D eigenvalue weighted by Gasteiger charge is 2.17. The van der Waals surface area contributed by atoms with Gasteiger partial charge in [-0.25, -0.2) is 9.36 Å². The molecule has 3 aromatic rings. The van der Waals surface area contributed by atoms with Gasteiger partial charge in [-0.05, 0) is 17.7 Å². The van der Waals surface area contributed by atoms with E-state index in [9.17, 15) is 14.7 Å². The van der Waals surface area contributed by atoms with Crippen LogP contribution in [0.15, 0.2) is 70.3 Å². The highest BCUT2D eigenvalue weighted by atomic mass is 16.3. The molecule has 2 aromatic carbocycles. The van der Waals surface area contributed by atoms with Crippen LogP contribution in [0.4, 0.5) is 0 Å². The Morgan fingerprint density at radius 1 is 0.913 bits per heavy atom. The summed E-state index contributed by atoms with van der Waals surface area (Å²) in [4.78, 5) is 25.1. The standard InChI is InChI=1S/C18H16N2O3/c1-19-16(21)15(12-13-8-4-2-5-9-13)17(22)20(18(19)23)14-10-6-3-7-11-14/h2-11,21H,12H2,1H3. The second-order valence-electron chi connectivity index (χ2n) is 5.28. The van der Waals surface area contributed by atoms with Crippen LogP contribution in [0, 0.1) is 0 Å². The topological polar surface area (TPSA) is 64.2 Å². The number of aromatic nitrogens is 2. The lowest BCUT2D eigenvalue weighted by Crippen LogP contribution is -2.39. The van der Waals surface area contributed by atoms with E-state index >= 15 is 0 Å². The van der Waals surface area contributed by atoms with E-state index in [0.29, 0.717) is 5.69 Å². The number of hydrogen-bond donors (Lipinski definition) is 1. The summed E-state index contributed by atoms with van der Waals surface area (Å²) in [6.45, 7) is 0. The lowest BCUT2D eigenvalue weighted by Gasteiger charge is -2.13. The Morgan fingerprint density at radius 2 is 1.48 bits per heavy atom. The Hall–Kier alpha value is -3.08. The third-order valence-corrected chi connectivity index (χ3v) is 3.77. The van der Waals surface area contributed by atoms with Crippen LogP contribution >= 0.6 is 0 Å². The number of aromatic hydroxyl groups is 1. The molecular formula is C18H16N2O3. The van der Waals surface area contributed by atoms with Crippen LogP contribution in [0.2, 0.25) is 0 Å². The molecule has 5 nitrogen and oxygen atoms in total. The molecule has 0 amide bonds. The first-order chi connectivity index (χ1) is 11.1. The maximum atomic E-state index is 12.8. The minimum Gasteiger partial charge on any atom is -0.494 e. The van der Waals surface area contributed by atoms with Crippen LogP contribution in [0.5, 0.6) is 5.88 Å². The monoisotopic (exact) mass is 308 g/mol. The predicted octanol–water partition coefficient (Wildman–Crippen LogP) is 1.83. The normalized spacial score (nSPS) is 10.7. The van der Waals surface area contributed by atoms with Crippen molar-refractivity contribution in [3.63, 3.8) is 0 Å². The second kappa shape index (κ2) is 5.96. The highest BCUT2D eigenvalue weighted by Crippen LogP contribution is 2.15. The summed E-state index contributed by atoms with van der Waals surface area (Å²) in [5.41, 5.74) is 0.490. The Labute approximate surface area is 132 Å². The lowest BCUT2D eigenvalue weighted by molar-refractivity contribution is 0.407. The van der Waals surface area contributed by atoms with Gasteiger partial charge in [0.05, 0.1) is 11.3 Å². The van der Waals surface area contributed by atoms with Gasteiger partial charge in [0.15, 0.2) is 0 Å². The molecule has 0 unspecified atom stereocenters. The molecule has 5 heteroatoms. The largest absolute Gasteiger partial charge is 0.494 e. The molecule has 0 saturated carbocycles. The molecule has 1 N–H and O–H groups in total. The molecule has 0 atom stereocenters. The van der Waals surface area contributed by atoms with E-state index in [4.69, 9.17) is 0 Å². The van der Waals surface area contributed by atoms with Crippen molar-refractivity contribution in [3.05, 3.63) is 92.6 Å². The van der Waals surface area contributed by atoms with E-state index in [-0.39, 0.29) is 17.9 Å². The first-order valence-corrected chi connectivity index (χ1v) is 7.23. The molecule has 0 aliphatic rings. The summed E-state index contributed by atoms with van der Waals surface area (Å²) in [5, 5.41) is 10.2. The number of nitrogens with zero attached hydrogens (tertiary/aromatic N) is 2. The molecule has 23 heavy (non-hydrogen) atoms. The van der Waals surface area contributed by atoms with E-state index in [1.807, 2.05) is 36.4 Å². The van der Waals surface area contributed by atoms with Crippen molar-refractivity contribution in [3.8, 4) is 11.6 Å². The third kappa shape index (κ3) is 2.68. The average molecular weight is 308 g/mol. The zero-order valence-corrected chi connectivity index (χ0v) is 12.6. The van der Waals surface area contributed by atoms with Gasteiger partial charge < -0.3 is 5.11 Å². The molecule has 0 saturated heterocycles. The summed E-state index contributed by atoms with van der Waals surface area (Å²) in [6.07, 6.45) is 0.256. The summed E-state index contributed by atoms with van der Waals surface area (Å²) in [6, 6.07) is 18.0. The number of rotatable bonds is 3. The van der Waals surface area contributed by atoms with Crippen LogP contribution in [0.1, 0.15) is 11.1 Å². The molecule has 0 aliphatic carbocycles. The van der Waals surface area contributed by atoms with Gasteiger partial charge in [0, 0.05) is 13.5 Å². The van der Waals surface area contributed by atoms with Gasteiger partial charge in [0.25, 0.3) is 5.56 Å². The number of para-hydroxylation sites is 1. The van der Waals surface area contributed by atoms with Crippen molar-refractivity contribution in [2.75, 3.05) is 0 Å². The average Bonchev–Trinajstić information content (AvgIpc) is 2.59.